The van der Waals surface area contributed by atoms with Crippen molar-refractivity contribution in [3.8, 4) is 40.1 Å². The first-order valence-electron chi connectivity index (χ1n) is 18.2. The van der Waals surface area contributed by atoms with Crippen LogP contribution in [0.3, 0.4) is 0 Å². The summed E-state index contributed by atoms with van der Waals surface area (Å²) >= 11 is 0. The summed E-state index contributed by atoms with van der Waals surface area (Å²) < 4.78 is 36.1. The first-order chi connectivity index (χ1) is 25.2. The van der Waals surface area contributed by atoms with E-state index in [1.165, 1.54) is 51.7 Å². The molecule has 2 atom stereocenters. The van der Waals surface area contributed by atoms with E-state index in [0.29, 0.717) is 52.5 Å². The number of rotatable bonds is 16. The summed E-state index contributed by atoms with van der Waals surface area (Å²) in [5.74, 6) is 3.10. The van der Waals surface area contributed by atoms with Gasteiger partial charge in [0.1, 0.15) is 34.6 Å². The van der Waals surface area contributed by atoms with E-state index < -0.39 is 5.97 Å². The van der Waals surface area contributed by atoms with Crippen molar-refractivity contribution in [2.75, 3.05) is 35.0 Å². The van der Waals surface area contributed by atoms with Crippen LogP contribution in [0.25, 0.3) is 21.8 Å². The molecule has 5 rings (SSSR count). The Kier molecular flexibility index (Phi) is 12.8. The zero-order valence-electron chi connectivity index (χ0n) is 31.7. The van der Waals surface area contributed by atoms with Crippen molar-refractivity contribution in [2.45, 2.75) is 85.2 Å². The van der Waals surface area contributed by atoms with E-state index in [4.69, 9.17) is 50.1 Å². The smallest absolute Gasteiger partial charge is 0.331 e. The van der Waals surface area contributed by atoms with Crippen molar-refractivity contribution in [1.82, 2.24) is 14.8 Å². The lowest BCUT2D eigenvalue weighted by molar-refractivity contribution is -0.150. The highest BCUT2D eigenvalue weighted by Gasteiger charge is 2.41. The molecule has 0 N–H and O–H groups in total. The number of aromatic nitrogens is 3. The number of aliphatic imine (C=N–C) groups is 1. The van der Waals surface area contributed by atoms with Crippen LogP contribution in [0.15, 0.2) is 41.0 Å². The molecule has 2 aliphatic rings. The van der Waals surface area contributed by atoms with Gasteiger partial charge >= 0.3 is 5.97 Å². The maximum absolute atomic E-state index is 14.2. The number of allylic oxidation sites excluding steroid dienone is 1. The summed E-state index contributed by atoms with van der Waals surface area (Å²) in [5, 5.41) is 4.83. The molecule has 1 aliphatic heterocycles. The van der Waals surface area contributed by atoms with Crippen LogP contribution < -0.4 is 23.7 Å². The van der Waals surface area contributed by atoms with Crippen LogP contribution in [0, 0.1) is 24.3 Å². The number of nitrogens with zero attached hydrogens (tertiary/aromatic N) is 5. The van der Waals surface area contributed by atoms with E-state index in [2.05, 4.69) is 32.5 Å². The van der Waals surface area contributed by atoms with Crippen molar-refractivity contribution in [1.29, 1.82) is 0 Å². The molecule has 52 heavy (non-hydrogen) atoms. The molecule has 1 fully saturated rings. The minimum atomic E-state index is -0.642. The fraction of sp³-hybridized carbons (Fsp3) is 0.525. The minimum absolute atomic E-state index is 0.000546. The summed E-state index contributed by atoms with van der Waals surface area (Å²) in [7, 11) is 6.12. The fourth-order valence-electron chi connectivity index (χ4n) is 7.30. The van der Waals surface area contributed by atoms with Crippen molar-refractivity contribution >= 4 is 23.1 Å². The highest BCUT2D eigenvalue weighted by atomic mass is 16.5. The van der Waals surface area contributed by atoms with Crippen molar-refractivity contribution in [2.24, 2.45) is 22.7 Å². The molecule has 0 amide bonds. The molecule has 0 saturated heterocycles. The van der Waals surface area contributed by atoms with E-state index in [9.17, 15) is 4.79 Å². The standard InChI is InChI=1S/C40H51N5O7/c1-10-11-12-13-14-15-18-51-27-16-17-30(47-6)28(21-27)37-43-38-34(40(46)52-36-25(3)19-24(2)20-26(36)4)35(41-5)39(45(38)44-37)42-29-22-32(49-8)33(50-9)23-31(29)48-7/h16-17,21-26,36H,10-15,18-20H2,1-4,6-9H3. The molecule has 1 aliphatic carbocycles. The van der Waals surface area contributed by atoms with Crippen LogP contribution in [-0.2, 0) is 9.53 Å². The fourth-order valence-corrected chi connectivity index (χ4v) is 7.30. The van der Waals surface area contributed by atoms with Crippen LogP contribution in [0.1, 0.15) is 84.9 Å². The number of carbonyl (C=O) groups excluding carboxylic acids is 1. The normalized spacial score (nSPS) is 20.3. The average molecular weight is 714 g/mol. The molecule has 2 aromatic carbocycles. The number of hydrogen-bond donors (Lipinski definition) is 0. The molecule has 3 aromatic rings. The summed E-state index contributed by atoms with van der Waals surface area (Å²) in [6, 6.07) is 8.78. The van der Waals surface area contributed by atoms with Gasteiger partial charge in [0.25, 0.3) is 0 Å². The lowest BCUT2D eigenvalue weighted by atomic mass is 9.75. The third-order valence-electron chi connectivity index (χ3n) is 9.80. The number of benzene rings is 2. The highest BCUT2D eigenvalue weighted by Crippen LogP contribution is 2.42. The first kappa shape index (κ1) is 38.2. The number of esters is 1. The maximum atomic E-state index is 14.2. The lowest BCUT2D eigenvalue weighted by Crippen LogP contribution is -2.37. The number of unbranched alkanes of at least 4 members (excludes halogenated alkanes) is 5. The largest absolute Gasteiger partial charge is 0.496 e. The second kappa shape index (κ2) is 17.4. The van der Waals surface area contributed by atoms with E-state index >= 15 is 0 Å². The van der Waals surface area contributed by atoms with E-state index in [1.54, 1.807) is 19.2 Å². The Balaban J connectivity index is 1.58. The van der Waals surface area contributed by atoms with Gasteiger partial charge < -0.3 is 28.4 Å². The minimum Gasteiger partial charge on any atom is -0.496 e. The lowest BCUT2D eigenvalue weighted by Gasteiger charge is -2.37. The number of methoxy groups -OCH3 is 4. The SMILES string of the molecule is [C-]#[N+]C1=C(C(=O)OC2C(C)CC(C)CC2C)c2nc(-c3cc(OCCCCCCCC)ccc3OC)nn2C1=Nc1cc(OC)c(OC)cc1OC. The van der Waals surface area contributed by atoms with Gasteiger partial charge in [-0.05, 0) is 55.2 Å². The maximum Gasteiger partial charge on any atom is 0.331 e. The van der Waals surface area contributed by atoms with Crippen molar-refractivity contribution < 1.29 is 33.2 Å². The highest BCUT2D eigenvalue weighted by molar-refractivity contribution is 6.29. The predicted molar refractivity (Wildman–Crippen MR) is 200 cm³/mol. The number of fused-ring (bicyclic) bond motifs is 1. The Morgan fingerprint density at radius 1 is 0.885 bits per heavy atom. The Morgan fingerprint density at radius 2 is 1.54 bits per heavy atom. The van der Waals surface area contributed by atoms with Gasteiger partial charge in [0.2, 0.25) is 5.70 Å². The zero-order valence-corrected chi connectivity index (χ0v) is 31.7. The molecule has 278 valence electrons. The molecule has 12 heteroatoms. The third-order valence-corrected chi connectivity index (χ3v) is 9.80. The molecule has 12 nitrogen and oxygen atoms in total. The van der Waals surface area contributed by atoms with Crippen molar-refractivity contribution in [3.63, 3.8) is 0 Å². The van der Waals surface area contributed by atoms with E-state index in [-0.39, 0.29) is 46.7 Å². The van der Waals surface area contributed by atoms with E-state index in [0.717, 1.165) is 25.7 Å². The first-order valence-corrected chi connectivity index (χ1v) is 18.2. The second-order valence-electron chi connectivity index (χ2n) is 13.7. The second-order valence-corrected chi connectivity index (χ2v) is 13.7. The van der Waals surface area contributed by atoms with Gasteiger partial charge in [0.15, 0.2) is 29.0 Å². The molecule has 2 heterocycles. The Hall–Kier alpha value is -5.05. The van der Waals surface area contributed by atoms with Crippen LogP contribution in [0.4, 0.5) is 5.69 Å². The molecule has 1 saturated carbocycles. The zero-order chi connectivity index (χ0) is 37.4. The predicted octanol–water partition coefficient (Wildman–Crippen LogP) is 8.55. The summed E-state index contributed by atoms with van der Waals surface area (Å²) in [6.07, 6.45) is 8.53. The van der Waals surface area contributed by atoms with Crippen LogP contribution in [0.5, 0.6) is 28.7 Å². The number of hydrogen-bond acceptors (Lipinski definition) is 10. The van der Waals surface area contributed by atoms with Gasteiger partial charge in [-0.15, -0.1) is 5.10 Å². The number of carbonyl (C=O) groups is 1. The topological polar surface area (TPSA) is 120 Å². The quantitative estimate of drug-likeness (QED) is 0.0817. The monoisotopic (exact) mass is 713 g/mol. The van der Waals surface area contributed by atoms with Gasteiger partial charge in [0.05, 0.1) is 47.2 Å². The summed E-state index contributed by atoms with van der Waals surface area (Å²) in [4.78, 5) is 27.7. The van der Waals surface area contributed by atoms with Gasteiger partial charge in [-0.25, -0.2) is 24.3 Å². The Labute approximate surface area is 307 Å². The molecular formula is C40H51N5O7. The van der Waals surface area contributed by atoms with Crippen molar-refractivity contribution in [3.05, 3.63) is 53.3 Å². The summed E-state index contributed by atoms with van der Waals surface area (Å²) in [6.45, 7) is 17.5. The average Bonchev–Trinajstić information content (AvgIpc) is 3.69. The molecular weight excluding hydrogens is 662 g/mol. The Bertz CT molecular complexity index is 1830. The summed E-state index contributed by atoms with van der Waals surface area (Å²) in [5.41, 5.74) is 0.865. The van der Waals surface area contributed by atoms with Gasteiger partial charge in [-0.1, -0.05) is 59.8 Å². The molecule has 0 spiro atoms. The molecule has 0 bridgehead atoms. The van der Waals surface area contributed by atoms with Gasteiger partial charge in [-0.2, -0.15) is 0 Å². The van der Waals surface area contributed by atoms with Crippen LogP contribution in [0.2, 0.25) is 0 Å². The third kappa shape index (κ3) is 8.19. The molecule has 2 unspecified atom stereocenters. The number of ether oxygens (including phenoxy) is 6. The molecule has 0 radical (unpaired) electrons. The van der Waals surface area contributed by atoms with Gasteiger partial charge in [-0.3, -0.25) is 0 Å². The van der Waals surface area contributed by atoms with Gasteiger partial charge in [0, 0.05) is 12.1 Å². The van der Waals surface area contributed by atoms with Crippen LogP contribution in [-0.4, -0.2) is 67.7 Å². The van der Waals surface area contributed by atoms with E-state index in [1.807, 2.05) is 18.2 Å². The molecule has 1 aromatic heterocycles. The Morgan fingerprint density at radius 3 is 2.19 bits per heavy atom. The van der Waals surface area contributed by atoms with Crippen LogP contribution >= 0.6 is 0 Å².